The van der Waals surface area contributed by atoms with Crippen molar-refractivity contribution < 1.29 is 8.78 Å². The SMILES string of the molecule is NC1(F)C=C(F)C=NC1. The van der Waals surface area contributed by atoms with E-state index in [4.69, 9.17) is 5.73 Å². The number of rotatable bonds is 0. The molecule has 0 saturated carbocycles. The maximum atomic E-state index is 12.5. The first-order chi connectivity index (χ1) is 4.10. The van der Waals surface area contributed by atoms with Crippen LogP contribution in [0.15, 0.2) is 16.9 Å². The molecule has 0 amide bonds. The largest absolute Gasteiger partial charge is 0.294 e. The normalized spacial score (nSPS) is 34.3. The van der Waals surface area contributed by atoms with E-state index in [0.717, 1.165) is 6.21 Å². The topological polar surface area (TPSA) is 38.4 Å². The van der Waals surface area contributed by atoms with Crippen molar-refractivity contribution in [2.24, 2.45) is 10.7 Å². The summed E-state index contributed by atoms with van der Waals surface area (Å²) in [6, 6.07) is 0. The van der Waals surface area contributed by atoms with Crippen LogP contribution < -0.4 is 5.73 Å². The summed E-state index contributed by atoms with van der Waals surface area (Å²) in [5.74, 6) is -2.80. The molecular formula is C5H6F2N2. The quantitative estimate of drug-likeness (QED) is 0.480. The molecule has 0 aromatic rings. The molecule has 2 nitrogen and oxygen atoms in total. The third kappa shape index (κ3) is 1.57. The zero-order valence-electron chi connectivity index (χ0n) is 4.64. The van der Waals surface area contributed by atoms with Crippen LogP contribution in [-0.2, 0) is 0 Å². The summed E-state index contributed by atoms with van der Waals surface area (Å²) in [6.45, 7) is -0.194. The molecule has 1 heterocycles. The van der Waals surface area contributed by atoms with Crippen molar-refractivity contribution in [1.29, 1.82) is 0 Å². The van der Waals surface area contributed by atoms with Gasteiger partial charge in [0.05, 0.1) is 12.8 Å². The molecule has 50 valence electrons. The molecule has 0 fully saturated rings. The first kappa shape index (κ1) is 6.35. The minimum Gasteiger partial charge on any atom is -0.294 e. The van der Waals surface area contributed by atoms with E-state index < -0.39 is 11.6 Å². The van der Waals surface area contributed by atoms with Gasteiger partial charge in [-0.2, -0.15) is 0 Å². The van der Waals surface area contributed by atoms with Crippen molar-refractivity contribution >= 4 is 6.21 Å². The predicted octanol–water partition coefficient (Wildman–Crippen LogP) is 0.549. The van der Waals surface area contributed by atoms with Crippen LogP contribution in [-0.4, -0.2) is 18.6 Å². The smallest absolute Gasteiger partial charge is 0.200 e. The van der Waals surface area contributed by atoms with E-state index in [1.54, 1.807) is 0 Å². The van der Waals surface area contributed by atoms with Gasteiger partial charge in [0.2, 0.25) is 5.79 Å². The van der Waals surface area contributed by atoms with Gasteiger partial charge in [-0.3, -0.25) is 10.7 Å². The molecule has 0 saturated heterocycles. The highest BCUT2D eigenvalue weighted by Gasteiger charge is 2.23. The van der Waals surface area contributed by atoms with Crippen molar-refractivity contribution in [3.8, 4) is 0 Å². The van der Waals surface area contributed by atoms with Crippen LogP contribution in [0, 0.1) is 0 Å². The average Bonchev–Trinajstić information content (AvgIpc) is 1.60. The van der Waals surface area contributed by atoms with Gasteiger partial charge in [-0.25, -0.2) is 8.78 Å². The zero-order valence-corrected chi connectivity index (χ0v) is 4.64. The fourth-order valence-corrected chi connectivity index (χ4v) is 0.585. The molecule has 1 atom stereocenters. The number of halogens is 2. The fraction of sp³-hybridized carbons (Fsp3) is 0.400. The van der Waals surface area contributed by atoms with E-state index in [1.807, 2.05) is 0 Å². The lowest BCUT2D eigenvalue weighted by Gasteiger charge is -2.14. The Morgan fingerprint density at radius 3 is 2.78 bits per heavy atom. The molecule has 1 rings (SSSR count). The van der Waals surface area contributed by atoms with Crippen molar-refractivity contribution in [2.45, 2.75) is 5.79 Å². The monoisotopic (exact) mass is 132 g/mol. The van der Waals surface area contributed by atoms with Crippen molar-refractivity contribution in [1.82, 2.24) is 0 Å². The summed E-state index contributed by atoms with van der Waals surface area (Å²) in [4.78, 5) is 3.34. The maximum Gasteiger partial charge on any atom is 0.200 e. The van der Waals surface area contributed by atoms with E-state index in [9.17, 15) is 8.78 Å². The van der Waals surface area contributed by atoms with Crippen LogP contribution in [0.3, 0.4) is 0 Å². The van der Waals surface area contributed by atoms with Gasteiger partial charge in [-0.15, -0.1) is 0 Å². The number of hydrogen-bond donors (Lipinski definition) is 1. The number of allylic oxidation sites excluding steroid dienone is 1. The Labute approximate surface area is 51.1 Å². The van der Waals surface area contributed by atoms with Crippen LogP contribution in [0.2, 0.25) is 0 Å². The summed E-state index contributed by atoms with van der Waals surface area (Å²) in [7, 11) is 0. The molecule has 1 aliphatic rings. The molecule has 4 heteroatoms. The number of nitrogens with two attached hydrogens (primary N) is 1. The highest BCUT2D eigenvalue weighted by atomic mass is 19.2. The zero-order chi connectivity index (χ0) is 6.91. The van der Waals surface area contributed by atoms with E-state index in [0.29, 0.717) is 6.08 Å². The second-order valence-corrected chi connectivity index (χ2v) is 1.93. The standard InChI is InChI=1S/C5H6F2N2/c6-4-1-5(7,8)3-9-2-4/h1-2H,3,8H2. The van der Waals surface area contributed by atoms with Gasteiger partial charge in [0, 0.05) is 6.08 Å². The molecule has 0 radical (unpaired) electrons. The van der Waals surface area contributed by atoms with Gasteiger partial charge in [0.25, 0.3) is 0 Å². The number of dihydropyridines is 1. The highest BCUT2D eigenvalue weighted by Crippen LogP contribution is 2.12. The molecule has 1 aliphatic heterocycles. The summed E-state index contributed by atoms with van der Waals surface area (Å²) in [5.41, 5.74) is 4.87. The molecule has 0 aliphatic carbocycles. The molecule has 0 aromatic carbocycles. The van der Waals surface area contributed by atoms with Gasteiger partial charge in [0.1, 0.15) is 5.83 Å². The lowest BCUT2D eigenvalue weighted by Crippen LogP contribution is -2.37. The van der Waals surface area contributed by atoms with Crippen LogP contribution in [0.25, 0.3) is 0 Å². The van der Waals surface area contributed by atoms with Crippen molar-refractivity contribution in [3.63, 3.8) is 0 Å². The molecule has 1 unspecified atom stereocenters. The van der Waals surface area contributed by atoms with Crippen molar-refractivity contribution in [3.05, 3.63) is 11.9 Å². The predicted molar refractivity (Wildman–Crippen MR) is 30.6 cm³/mol. The Bertz CT molecular complexity index is 172. The van der Waals surface area contributed by atoms with Gasteiger partial charge < -0.3 is 0 Å². The van der Waals surface area contributed by atoms with Crippen molar-refractivity contribution in [2.75, 3.05) is 6.54 Å². The first-order valence-corrected chi connectivity index (χ1v) is 2.46. The molecule has 0 aromatic heterocycles. The van der Waals surface area contributed by atoms with Gasteiger partial charge in [0.15, 0.2) is 0 Å². The molecule has 0 bridgehead atoms. The average molecular weight is 132 g/mol. The summed E-state index contributed by atoms with van der Waals surface area (Å²) in [5, 5.41) is 0. The molecule has 2 N–H and O–H groups in total. The highest BCUT2D eigenvalue weighted by molar-refractivity contribution is 5.76. The number of aliphatic imine (C=N–C) groups is 1. The Morgan fingerprint density at radius 1 is 1.78 bits per heavy atom. The fourth-order valence-electron chi connectivity index (χ4n) is 0.585. The minimum absolute atomic E-state index is 0.194. The van der Waals surface area contributed by atoms with Crippen LogP contribution in [0.5, 0.6) is 0 Å². The van der Waals surface area contributed by atoms with Gasteiger partial charge in [-0.1, -0.05) is 0 Å². The number of alkyl halides is 1. The Balaban J connectivity index is 2.78. The summed E-state index contributed by atoms with van der Waals surface area (Å²) in [6.07, 6.45) is 1.66. The number of hydrogen-bond acceptors (Lipinski definition) is 2. The first-order valence-electron chi connectivity index (χ1n) is 2.46. The van der Waals surface area contributed by atoms with Gasteiger partial charge >= 0.3 is 0 Å². The van der Waals surface area contributed by atoms with Crippen LogP contribution in [0.1, 0.15) is 0 Å². The van der Waals surface area contributed by atoms with Crippen LogP contribution >= 0.6 is 0 Å². The number of nitrogens with zero attached hydrogens (tertiary/aromatic N) is 1. The summed E-state index contributed by atoms with van der Waals surface area (Å²) < 4.78 is 24.5. The Kier molecular flexibility index (Phi) is 1.32. The lowest BCUT2D eigenvalue weighted by molar-refractivity contribution is 0.245. The minimum atomic E-state index is -2.08. The second-order valence-electron chi connectivity index (χ2n) is 1.93. The van der Waals surface area contributed by atoms with Crippen LogP contribution in [0.4, 0.5) is 8.78 Å². The third-order valence-corrected chi connectivity index (χ3v) is 0.926. The van der Waals surface area contributed by atoms with E-state index in [2.05, 4.69) is 4.99 Å². The lowest BCUT2D eigenvalue weighted by atomic mass is 10.2. The Hall–Kier alpha value is -0.770. The maximum absolute atomic E-state index is 12.5. The van der Waals surface area contributed by atoms with E-state index in [-0.39, 0.29) is 6.54 Å². The second kappa shape index (κ2) is 1.88. The molecular weight excluding hydrogens is 126 g/mol. The molecule has 0 spiro atoms. The van der Waals surface area contributed by atoms with Gasteiger partial charge in [-0.05, 0) is 0 Å². The summed E-state index contributed by atoms with van der Waals surface area (Å²) >= 11 is 0. The molecule has 9 heavy (non-hydrogen) atoms. The van der Waals surface area contributed by atoms with E-state index in [1.165, 1.54) is 0 Å². The third-order valence-electron chi connectivity index (χ3n) is 0.926. The van der Waals surface area contributed by atoms with E-state index >= 15 is 0 Å². The Morgan fingerprint density at radius 2 is 2.44 bits per heavy atom.